The summed E-state index contributed by atoms with van der Waals surface area (Å²) in [5.74, 6) is 0. The topological polar surface area (TPSA) is 23.8 Å². The third-order valence-corrected chi connectivity index (χ3v) is 4.02. The maximum Gasteiger partial charge on any atom is 0.100 e. The van der Waals surface area contributed by atoms with Crippen LogP contribution in [-0.2, 0) is 0 Å². The fourth-order valence-electron chi connectivity index (χ4n) is 0.637. The smallest absolute Gasteiger partial charge is 0.100 e. The number of hydrogen-bond donors (Lipinski definition) is 0. The van der Waals surface area contributed by atoms with E-state index in [1.54, 1.807) is 6.07 Å². The van der Waals surface area contributed by atoms with Gasteiger partial charge in [0.25, 0.3) is 0 Å². The summed E-state index contributed by atoms with van der Waals surface area (Å²) in [7, 11) is 0. The molecule has 0 N–H and O–H groups in total. The molecule has 1 aromatic carbocycles. The minimum absolute atomic E-state index is 0.656. The Labute approximate surface area is 95.2 Å². The summed E-state index contributed by atoms with van der Waals surface area (Å²) in [5, 5.41) is 8.66. The highest BCUT2D eigenvalue weighted by Crippen LogP contribution is 2.26. The van der Waals surface area contributed by atoms with Crippen LogP contribution in [0.4, 0.5) is 0 Å². The van der Waals surface area contributed by atoms with Crippen molar-refractivity contribution in [2.75, 3.05) is 0 Å². The number of nitrogens with zero attached hydrogens (tertiary/aromatic N) is 1. The minimum atomic E-state index is 0.656. The zero-order valence-electron chi connectivity index (χ0n) is 5.24. The summed E-state index contributed by atoms with van der Waals surface area (Å²) in [4.78, 5) is 0. The van der Waals surface area contributed by atoms with Gasteiger partial charge in [0.15, 0.2) is 0 Å². The second-order valence-corrected chi connectivity index (χ2v) is 4.73. The zero-order valence-corrected chi connectivity index (χ0v) is 10.6. The van der Waals surface area contributed by atoms with E-state index in [1.807, 2.05) is 6.07 Å². The third kappa shape index (κ3) is 2.17. The van der Waals surface area contributed by atoms with Crippen LogP contribution < -0.4 is 0 Å². The van der Waals surface area contributed by atoms with E-state index < -0.39 is 0 Å². The summed E-state index contributed by atoms with van der Waals surface area (Å²) in [6, 6.07) is 5.83. The molecule has 0 saturated heterocycles. The van der Waals surface area contributed by atoms with E-state index in [9.17, 15) is 0 Å². The molecule has 0 aliphatic rings. The molecule has 11 heavy (non-hydrogen) atoms. The fourth-order valence-corrected chi connectivity index (χ4v) is 2.47. The van der Waals surface area contributed by atoms with Crippen LogP contribution in [0.1, 0.15) is 5.56 Å². The Morgan fingerprint density at radius 3 is 2.55 bits per heavy atom. The van der Waals surface area contributed by atoms with Gasteiger partial charge in [-0.05, 0) is 50.7 Å². The summed E-state index contributed by atoms with van der Waals surface area (Å²) in [5.41, 5.74) is 0.656. The van der Waals surface area contributed by atoms with Crippen molar-refractivity contribution in [2.24, 2.45) is 0 Å². The molecule has 0 saturated carbocycles. The van der Waals surface area contributed by atoms with Gasteiger partial charge in [-0.3, -0.25) is 0 Å². The van der Waals surface area contributed by atoms with Crippen molar-refractivity contribution in [1.82, 2.24) is 0 Å². The maximum absolute atomic E-state index is 8.66. The molecule has 0 amide bonds. The first-order valence-electron chi connectivity index (χ1n) is 2.70. The van der Waals surface area contributed by atoms with Crippen LogP contribution in [0, 0.1) is 14.9 Å². The maximum atomic E-state index is 8.66. The Bertz CT molecular complexity index is 330. The number of nitriles is 1. The second kappa shape index (κ2) is 3.87. The van der Waals surface area contributed by atoms with Crippen LogP contribution >= 0.6 is 54.5 Å². The van der Waals surface area contributed by atoms with Gasteiger partial charge in [-0.2, -0.15) is 5.26 Å². The molecule has 0 aromatic heterocycles. The molecule has 0 spiro atoms. The second-order valence-electron chi connectivity index (χ2n) is 1.86. The molecule has 0 aliphatic carbocycles. The van der Waals surface area contributed by atoms with Crippen LogP contribution in [0.25, 0.3) is 0 Å². The van der Waals surface area contributed by atoms with Crippen LogP contribution in [0.15, 0.2) is 21.1 Å². The average Bonchev–Trinajstić information content (AvgIpc) is 1.96. The van der Waals surface area contributed by atoms with Crippen molar-refractivity contribution < 1.29 is 0 Å². The molecule has 1 rings (SSSR count). The standard InChI is InChI=1S/C7H2Br2IN/c8-5-1-4(3-11)7(9)6(10)2-5/h1-2H. The molecule has 1 nitrogen and oxygen atoms in total. The lowest BCUT2D eigenvalue weighted by Crippen LogP contribution is -1.81. The van der Waals surface area contributed by atoms with Gasteiger partial charge in [-0.1, -0.05) is 15.9 Å². The monoisotopic (exact) mass is 385 g/mol. The van der Waals surface area contributed by atoms with Crippen LogP contribution in [-0.4, -0.2) is 0 Å². The normalized spacial score (nSPS) is 9.27. The van der Waals surface area contributed by atoms with Gasteiger partial charge in [-0.15, -0.1) is 0 Å². The van der Waals surface area contributed by atoms with Crippen molar-refractivity contribution >= 4 is 54.5 Å². The predicted molar refractivity (Wildman–Crippen MR) is 59.3 cm³/mol. The number of halogens is 3. The number of hydrogen-bond acceptors (Lipinski definition) is 1. The third-order valence-electron chi connectivity index (χ3n) is 1.11. The Kier molecular flexibility index (Phi) is 3.34. The Morgan fingerprint density at radius 2 is 2.00 bits per heavy atom. The SMILES string of the molecule is N#Cc1cc(Br)cc(I)c1Br. The van der Waals surface area contributed by atoms with Crippen molar-refractivity contribution in [2.45, 2.75) is 0 Å². The van der Waals surface area contributed by atoms with Crippen molar-refractivity contribution in [1.29, 1.82) is 5.26 Å². The lowest BCUT2D eigenvalue weighted by molar-refractivity contribution is 1.43. The average molecular weight is 387 g/mol. The van der Waals surface area contributed by atoms with Gasteiger partial charge in [0.1, 0.15) is 6.07 Å². The highest BCUT2D eigenvalue weighted by molar-refractivity contribution is 14.1. The molecule has 0 unspecified atom stereocenters. The van der Waals surface area contributed by atoms with Crippen LogP contribution in [0.5, 0.6) is 0 Å². The van der Waals surface area contributed by atoms with E-state index in [2.05, 4.69) is 60.5 Å². The largest absolute Gasteiger partial charge is 0.192 e. The van der Waals surface area contributed by atoms with E-state index in [-0.39, 0.29) is 0 Å². The van der Waals surface area contributed by atoms with Crippen molar-refractivity contribution in [3.05, 3.63) is 30.2 Å². The Morgan fingerprint density at radius 1 is 1.36 bits per heavy atom. The summed E-state index contributed by atoms with van der Waals surface area (Å²) in [6.07, 6.45) is 0. The predicted octanol–water partition coefficient (Wildman–Crippen LogP) is 3.69. The molecule has 0 atom stereocenters. The molecule has 0 bridgehead atoms. The first-order valence-corrected chi connectivity index (χ1v) is 5.36. The molecule has 0 radical (unpaired) electrons. The van der Waals surface area contributed by atoms with Gasteiger partial charge >= 0.3 is 0 Å². The molecule has 0 heterocycles. The van der Waals surface area contributed by atoms with Crippen LogP contribution in [0.3, 0.4) is 0 Å². The van der Waals surface area contributed by atoms with Crippen molar-refractivity contribution in [3.8, 4) is 6.07 Å². The molecule has 4 heteroatoms. The van der Waals surface area contributed by atoms with E-state index in [0.29, 0.717) is 5.56 Å². The number of rotatable bonds is 0. The molecular formula is C7H2Br2IN. The molecule has 56 valence electrons. The highest BCUT2D eigenvalue weighted by atomic mass is 127. The lowest BCUT2D eigenvalue weighted by Gasteiger charge is -1.98. The van der Waals surface area contributed by atoms with Gasteiger partial charge in [0.05, 0.1) is 5.56 Å². The van der Waals surface area contributed by atoms with Gasteiger partial charge < -0.3 is 0 Å². The van der Waals surface area contributed by atoms with Gasteiger partial charge in [0, 0.05) is 12.5 Å². The van der Waals surface area contributed by atoms with Crippen molar-refractivity contribution in [3.63, 3.8) is 0 Å². The first-order chi connectivity index (χ1) is 5.15. The molecule has 0 fully saturated rings. The number of benzene rings is 1. The molecule has 0 aliphatic heterocycles. The summed E-state index contributed by atoms with van der Waals surface area (Å²) in [6.45, 7) is 0. The minimum Gasteiger partial charge on any atom is -0.192 e. The van der Waals surface area contributed by atoms with Gasteiger partial charge in [-0.25, -0.2) is 0 Å². The molecule has 1 aromatic rings. The summed E-state index contributed by atoms with van der Waals surface area (Å²) >= 11 is 8.81. The van der Waals surface area contributed by atoms with E-state index in [0.717, 1.165) is 12.5 Å². The highest BCUT2D eigenvalue weighted by Gasteiger charge is 2.03. The first kappa shape index (κ1) is 9.49. The quantitative estimate of drug-likeness (QED) is 0.493. The van der Waals surface area contributed by atoms with E-state index in [1.165, 1.54) is 0 Å². The van der Waals surface area contributed by atoms with Crippen LogP contribution in [0.2, 0.25) is 0 Å². The Balaban J connectivity index is 3.39. The van der Waals surface area contributed by atoms with Gasteiger partial charge in [0.2, 0.25) is 0 Å². The zero-order chi connectivity index (χ0) is 8.43. The van der Waals surface area contributed by atoms with E-state index >= 15 is 0 Å². The molecular weight excluding hydrogens is 385 g/mol. The lowest BCUT2D eigenvalue weighted by atomic mass is 10.2. The fraction of sp³-hybridized carbons (Fsp3) is 0. The van der Waals surface area contributed by atoms with E-state index in [4.69, 9.17) is 5.26 Å². The summed E-state index contributed by atoms with van der Waals surface area (Å²) < 4.78 is 2.83. The Hall–Kier alpha value is 0.400.